The van der Waals surface area contributed by atoms with E-state index in [0.717, 1.165) is 44.9 Å². The fourth-order valence-electron chi connectivity index (χ4n) is 8.24. The van der Waals surface area contributed by atoms with Gasteiger partial charge in [0.05, 0.1) is 18.8 Å². The van der Waals surface area contributed by atoms with E-state index in [1.807, 2.05) is 0 Å². The number of hydrogen-bond acceptors (Lipinski definition) is 4. The Bertz CT molecular complexity index is 859. The summed E-state index contributed by atoms with van der Waals surface area (Å²) in [5, 5.41) is 33.5. The second-order valence-electron chi connectivity index (χ2n) is 18.1. The van der Waals surface area contributed by atoms with Crippen molar-refractivity contribution in [1.82, 2.24) is 5.32 Å². The minimum Gasteiger partial charge on any atom is -0.394 e. The van der Waals surface area contributed by atoms with Crippen LogP contribution in [0.1, 0.15) is 284 Å². The molecule has 0 aromatic heterocycles. The Morgan fingerprint density at radius 3 is 1.05 bits per heavy atom. The first-order chi connectivity index (χ1) is 28.6. The normalized spacial score (nSPS) is 13.5. The molecule has 1 amide bonds. The molecule has 5 nitrogen and oxygen atoms in total. The van der Waals surface area contributed by atoms with Crippen LogP contribution >= 0.6 is 0 Å². The van der Waals surface area contributed by atoms with Crippen molar-refractivity contribution in [3.05, 3.63) is 24.3 Å². The van der Waals surface area contributed by atoms with Crippen LogP contribution in [0, 0.1) is 0 Å². The van der Waals surface area contributed by atoms with Crippen LogP contribution in [0.15, 0.2) is 24.3 Å². The van der Waals surface area contributed by atoms with Crippen molar-refractivity contribution in [2.75, 3.05) is 6.61 Å². The van der Waals surface area contributed by atoms with Gasteiger partial charge in [-0.3, -0.25) is 4.79 Å². The van der Waals surface area contributed by atoms with Crippen molar-refractivity contribution in [3.63, 3.8) is 0 Å². The van der Waals surface area contributed by atoms with Gasteiger partial charge in [0.2, 0.25) is 5.91 Å². The van der Waals surface area contributed by atoms with Gasteiger partial charge in [-0.05, 0) is 51.4 Å². The number of hydrogen-bond donors (Lipinski definition) is 4. The van der Waals surface area contributed by atoms with Gasteiger partial charge in [-0.1, -0.05) is 250 Å². The Balaban J connectivity index is 3.48. The molecule has 0 bridgehead atoms. The highest BCUT2D eigenvalue weighted by molar-refractivity contribution is 5.76. The van der Waals surface area contributed by atoms with Gasteiger partial charge in [-0.2, -0.15) is 0 Å². The summed E-state index contributed by atoms with van der Waals surface area (Å²) in [7, 11) is 0. The van der Waals surface area contributed by atoms with E-state index in [1.54, 1.807) is 0 Å². The van der Waals surface area contributed by atoms with Crippen LogP contribution in [0.2, 0.25) is 0 Å². The van der Waals surface area contributed by atoms with Crippen LogP contribution in [0.25, 0.3) is 0 Å². The van der Waals surface area contributed by atoms with Gasteiger partial charge < -0.3 is 20.6 Å². The quantitative estimate of drug-likeness (QED) is 0.0364. The van der Waals surface area contributed by atoms with E-state index < -0.39 is 18.2 Å². The molecule has 0 rings (SSSR count). The highest BCUT2D eigenvalue weighted by Gasteiger charge is 2.26. The monoisotopic (exact) mass is 818 g/mol. The van der Waals surface area contributed by atoms with Crippen molar-refractivity contribution >= 4 is 5.91 Å². The van der Waals surface area contributed by atoms with Crippen LogP contribution < -0.4 is 5.32 Å². The molecule has 58 heavy (non-hydrogen) atoms. The molecule has 0 fully saturated rings. The summed E-state index contributed by atoms with van der Waals surface area (Å²) in [6.45, 7) is 4.16. The zero-order valence-corrected chi connectivity index (χ0v) is 39.2. The molecule has 344 valence electrons. The average Bonchev–Trinajstić information content (AvgIpc) is 3.23. The van der Waals surface area contributed by atoms with Crippen molar-refractivity contribution in [3.8, 4) is 0 Å². The number of unbranched alkanes of at least 4 members (excludes halogenated alkanes) is 36. The predicted molar refractivity (Wildman–Crippen MR) is 255 cm³/mol. The Kier molecular flexibility index (Phi) is 47.5. The minimum absolute atomic E-state index is 0.154. The number of rotatable bonds is 48. The summed E-state index contributed by atoms with van der Waals surface area (Å²) >= 11 is 0. The number of carbonyl (C=O) groups is 1. The highest BCUT2D eigenvalue weighted by Crippen LogP contribution is 2.17. The van der Waals surface area contributed by atoms with E-state index >= 15 is 0 Å². The van der Waals surface area contributed by atoms with E-state index in [4.69, 9.17) is 0 Å². The smallest absolute Gasteiger partial charge is 0.220 e. The third-order valence-electron chi connectivity index (χ3n) is 12.3. The Morgan fingerprint density at radius 2 is 0.707 bits per heavy atom. The van der Waals surface area contributed by atoms with Gasteiger partial charge in [-0.25, -0.2) is 0 Å². The van der Waals surface area contributed by atoms with Gasteiger partial charge in [0.15, 0.2) is 0 Å². The first-order valence-corrected chi connectivity index (χ1v) is 26.1. The molecule has 4 N–H and O–H groups in total. The van der Waals surface area contributed by atoms with Crippen LogP contribution in [0.3, 0.4) is 0 Å². The number of amides is 1. The Morgan fingerprint density at radius 1 is 0.414 bits per heavy atom. The highest BCUT2D eigenvalue weighted by atomic mass is 16.3. The standard InChI is InChI=1S/C53H103NO4/c1-3-5-7-9-11-13-15-17-18-19-20-21-22-23-24-25-26-27-28-29-30-31-32-33-34-36-38-40-42-44-46-48-52(57)54-50(49-55)53(58)51(56)47-45-43-41-39-37-35-16-14-12-10-8-6-4-2/h14,16,39,41,50-51,53,55-56,58H,3-13,15,17-38,40,42-49H2,1-2H3,(H,54,57)/b16-14+,41-39+. The first kappa shape index (κ1) is 56.8. The summed E-state index contributed by atoms with van der Waals surface area (Å²) in [4.78, 5) is 12.5. The van der Waals surface area contributed by atoms with Gasteiger partial charge in [0, 0.05) is 6.42 Å². The zero-order valence-electron chi connectivity index (χ0n) is 39.2. The predicted octanol–water partition coefficient (Wildman–Crippen LogP) is 15.7. The molecule has 5 heteroatoms. The van der Waals surface area contributed by atoms with Crippen LogP contribution in [-0.2, 0) is 4.79 Å². The van der Waals surface area contributed by atoms with Gasteiger partial charge in [-0.15, -0.1) is 0 Å². The van der Waals surface area contributed by atoms with E-state index in [0.29, 0.717) is 12.8 Å². The molecule has 0 saturated heterocycles. The molecule has 3 atom stereocenters. The third-order valence-corrected chi connectivity index (χ3v) is 12.3. The molecular formula is C53H103NO4. The fraction of sp³-hybridized carbons (Fsp3) is 0.906. The molecule has 0 aliphatic heterocycles. The average molecular weight is 818 g/mol. The minimum atomic E-state index is -1.16. The van der Waals surface area contributed by atoms with E-state index in [1.165, 1.54) is 212 Å². The molecule has 3 unspecified atom stereocenters. The Labute approximate surface area is 362 Å². The van der Waals surface area contributed by atoms with Crippen LogP contribution in [0.4, 0.5) is 0 Å². The van der Waals surface area contributed by atoms with Crippen LogP contribution in [0.5, 0.6) is 0 Å². The topological polar surface area (TPSA) is 89.8 Å². The van der Waals surface area contributed by atoms with Crippen LogP contribution in [-0.4, -0.2) is 46.1 Å². The fourth-order valence-corrected chi connectivity index (χ4v) is 8.24. The summed E-state index contributed by atoms with van der Waals surface area (Å²) in [6.07, 6.45) is 60.5. The van der Waals surface area contributed by atoms with Gasteiger partial charge >= 0.3 is 0 Å². The SMILES string of the molecule is CCCCCC/C=C/CC/C=C/CCCC(O)C(O)C(CO)NC(=O)CCCCCCCCCCCCCCCCCCCCCCCCCCCCCCCCC. The van der Waals surface area contributed by atoms with Crippen molar-refractivity contribution < 1.29 is 20.1 Å². The molecule has 0 aliphatic rings. The maximum atomic E-state index is 12.5. The molecule has 0 aromatic carbocycles. The maximum absolute atomic E-state index is 12.5. The zero-order chi connectivity index (χ0) is 42.3. The summed E-state index contributed by atoms with van der Waals surface area (Å²) in [5.74, 6) is -0.154. The second-order valence-corrected chi connectivity index (χ2v) is 18.1. The lowest BCUT2D eigenvalue weighted by Gasteiger charge is -2.26. The van der Waals surface area contributed by atoms with Gasteiger partial charge in [0.1, 0.15) is 6.10 Å². The second kappa shape index (κ2) is 48.5. The Hall–Kier alpha value is -1.17. The molecule has 0 aliphatic carbocycles. The van der Waals surface area contributed by atoms with Gasteiger partial charge in [0.25, 0.3) is 0 Å². The number of nitrogens with one attached hydrogen (secondary N) is 1. The van der Waals surface area contributed by atoms with Crippen molar-refractivity contribution in [1.29, 1.82) is 0 Å². The number of aliphatic hydroxyl groups is 3. The molecule has 0 aromatic rings. The summed E-state index contributed by atoms with van der Waals surface area (Å²) in [5.41, 5.74) is 0. The lowest BCUT2D eigenvalue weighted by Crippen LogP contribution is -2.50. The number of allylic oxidation sites excluding steroid dienone is 4. The molecular weight excluding hydrogens is 715 g/mol. The molecule has 0 spiro atoms. The van der Waals surface area contributed by atoms with E-state index in [2.05, 4.69) is 43.5 Å². The third kappa shape index (κ3) is 42.9. The van der Waals surface area contributed by atoms with Crippen molar-refractivity contribution in [2.45, 2.75) is 302 Å². The van der Waals surface area contributed by atoms with Crippen molar-refractivity contribution in [2.24, 2.45) is 0 Å². The molecule has 0 saturated carbocycles. The lowest BCUT2D eigenvalue weighted by atomic mass is 10.0. The number of carbonyl (C=O) groups excluding carboxylic acids is 1. The maximum Gasteiger partial charge on any atom is 0.220 e. The lowest BCUT2D eigenvalue weighted by molar-refractivity contribution is -0.124. The molecule has 0 radical (unpaired) electrons. The van der Waals surface area contributed by atoms with E-state index in [9.17, 15) is 20.1 Å². The first-order valence-electron chi connectivity index (χ1n) is 26.1. The summed E-state index contributed by atoms with van der Waals surface area (Å²) < 4.78 is 0. The largest absolute Gasteiger partial charge is 0.394 e. The molecule has 0 heterocycles. The number of aliphatic hydroxyl groups excluding tert-OH is 3. The summed E-state index contributed by atoms with van der Waals surface area (Å²) in [6, 6.07) is -0.828. The van der Waals surface area contributed by atoms with E-state index in [-0.39, 0.29) is 12.5 Å².